The van der Waals surface area contributed by atoms with Crippen molar-refractivity contribution in [1.82, 2.24) is 24.9 Å². The number of hydrogen-bond acceptors (Lipinski definition) is 9. The van der Waals surface area contributed by atoms with Gasteiger partial charge in [-0.05, 0) is 76.2 Å². The lowest BCUT2D eigenvalue weighted by molar-refractivity contribution is -0.384. The number of non-ortho nitro benzene ring substituents is 1. The van der Waals surface area contributed by atoms with Gasteiger partial charge in [0.15, 0.2) is 0 Å². The van der Waals surface area contributed by atoms with Gasteiger partial charge in [0.2, 0.25) is 0 Å². The van der Waals surface area contributed by atoms with Crippen LogP contribution in [-0.4, -0.2) is 61.9 Å². The molecular formula is C34H43N7O3S. The molecule has 0 N–H and O–H groups in total. The van der Waals surface area contributed by atoms with Gasteiger partial charge in [-0.1, -0.05) is 57.1 Å². The van der Waals surface area contributed by atoms with Crippen LogP contribution in [0.15, 0.2) is 80.8 Å². The van der Waals surface area contributed by atoms with Crippen molar-refractivity contribution in [2.45, 2.75) is 77.3 Å². The summed E-state index contributed by atoms with van der Waals surface area (Å²) in [5.74, 6) is 2.36. The Balaban J connectivity index is 0.00000111. The Kier molecular flexibility index (Phi) is 11.8. The molecule has 2 saturated heterocycles. The molecule has 0 aliphatic carbocycles. The summed E-state index contributed by atoms with van der Waals surface area (Å²) in [7, 11) is 2.16. The number of nitro groups is 1. The standard InChI is InChI=1S/C30H31N7O3S.2C2H6/c1-19-26(20(2)40-33-19)21-5-7-22(8-6-21)28-27(29-31-15-4-16-32-29)30(36(28)23-13-17-35(3)18-14-23)34-41-25-11-9-24(10-12-25)37(38)39;2*1-2/h4-12,15-16,23,27-28H,13-14,17-18H2,1-3H3;2*1-2H3. The SMILES string of the molecule is CC.CC.Cc1noc(C)c1-c1ccc(C2C(c3ncccn3)C(=NSc3ccc([N+](=O)[O-])cc3)N2C2CCN(C)CC2)cc1. The van der Waals surface area contributed by atoms with E-state index in [1.54, 1.807) is 24.5 Å². The zero-order chi connectivity index (χ0) is 32.5. The summed E-state index contributed by atoms with van der Waals surface area (Å²) in [5.41, 5.74) is 4.22. The number of hydrogen-bond donors (Lipinski definition) is 0. The zero-order valence-corrected chi connectivity index (χ0v) is 28.0. The van der Waals surface area contributed by atoms with Gasteiger partial charge in [-0.25, -0.2) is 9.97 Å². The zero-order valence-electron chi connectivity index (χ0n) is 27.2. The second kappa shape index (κ2) is 15.8. The third kappa shape index (κ3) is 7.42. The van der Waals surface area contributed by atoms with E-state index in [1.165, 1.54) is 29.6 Å². The molecule has 2 aromatic heterocycles. The topological polar surface area (TPSA) is 114 Å². The molecule has 2 aliphatic rings. The number of nitro benzene ring substituents is 1. The predicted octanol–water partition coefficient (Wildman–Crippen LogP) is 8.05. The molecule has 0 saturated carbocycles. The Morgan fingerprint density at radius 1 is 0.956 bits per heavy atom. The first-order valence-corrected chi connectivity index (χ1v) is 16.4. The molecule has 10 nitrogen and oxygen atoms in total. The van der Waals surface area contributed by atoms with Crippen LogP contribution in [0.4, 0.5) is 5.69 Å². The molecule has 0 bridgehead atoms. The van der Waals surface area contributed by atoms with E-state index in [-0.39, 0.29) is 17.6 Å². The summed E-state index contributed by atoms with van der Waals surface area (Å²) in [6.07, 6.45) is 5.63. The summed E-state index contributed by atoms with van der Waals surface area (Å²) in [6, 6.07) is 17.3. The fraction of sp³-hybridized carbons (Fsp3) is 0.412. The Hall–Kier alpha value is -4.09. The quantitative estimate of drug-likeness (QED) is 0.114. The maximum Gasteiger partial charge on any atom is 0.269 e. The van der Waals surface area contributed by atoms with Crippen molar-refractivity contribution in [3.05, 3.63) is 99.9 Å². The highest BCUT2D eigenvalue weighted by atomic mass is 32.2. The van der Waals surface area contributed by atoms with E-state index in [9.17, 15) is 10.1 Å². The summed E-state index contributed by atoms with van der Waals surface area (Å²) in [6.45, 7) is 13.9. The highest BCUT2D eigenvalue weighted by Gasteiger charge is 2.51. The van der Waals surface area contributed by atoms with Crippen molar-refractivity contribution in [3.8, 4) is 11.1 Å². The number of rotatable bonds is 7. The highest BCUT2D eigenvalue weighted by Crippen LogP contribution is 2.50. The number of benzene rings is 2. The minimum Gasteiger partial charge on any atom is -0.361 e. The van der Waals surface area contributed by atoms with E-state index < -0.39 is 4.92 Å². The molecule has 2 fully saturated rings. The lowest BCUT2D eigenvalue weighted by Gasteiger charge is -2.54. The monoisotopic (exact) mass is 629 g/mol. The molecule has 4 aromatic rings. The average molecular weight is 630 g/mol. The van der Waals surface area contributed by atoms with Crippen molar-refractivity contribution in [1.29, 1.82) is 0 Å². The van der Waals surface area contributed by atoms with E-state index in [0.717, 1.165) is 65.1 Å². The fourth-order valence-corrected chi connectivity index (χ4v) is 6.53. The van der Waals surface area contributed by atoms with Crippen LogP contribution in [0, 0.1) is 24.0 Å². The summed E-state index contributed by atoms with van der Waals surface area (Å²) in [5, 5.41) is 15.2. The Morgan fingerprint density at radius 3 is 2.13 bits per heavy atom. The van der Waals surface area contributed by atoms with E-state index in [2.05, 4.69) is 56.2 Å². The number of aryl methyl sites for hydroxylation is 2. The maximum absolute atomic E-state index is 11.1. The van der Waals surface area contributed by atoms with Gasteiger partial charge < -0.3 is 14.3 Å². The minimum atomic E-state index is -0.390. The summed E-state index contributed by atoms with van der Waals surface area (Å²) in [4.78, 5) is 25.7. The van der Waals surface area contributed by atoms with Crippen LogP contribution in [0.2, 0.25) is 0 Å². The number of nitrogens with zero attached hydrogens (tertiary/aromatic N) is 7. The minimum absolute atomic E-state index is 0.0285. The molecule has 2 unspecified atom stereocenters. The van der Waals surface area contributed by atoms with Crippen molar-refractivity contribution in [3.63, 3.8) is 0 Å². The molecule has 2 aliphatic heterocycles. The van der Waals surface area contributed by atoms with Crippen LogP contribution in [0.1, 0.15) is 75.3 Å². The first-order valence-electron chi connectivity index (χ1n) is 15.7. The van der Waals surface area contributed by atoms with Crippen LogP contribution in [0.25, 0.3) is 11.1 Å². The van der Waals surface area contributed by atoms with Crippen LogP contribution >= 0.6 is 11.9 Å². The lowest BCUT2D eigenvalue weighted by Crippen LogP contribution is -2.60. The molecule has 4 heterocycles. The van der Waals surface area contributed by atoms with Crippen LogP contribution in [-0.2, 0) is 0 Å². The van der Waals surface area contributed by atoms with Gasteiger partial charge in [0.25, 0.3) is 5.69 Å². The van der Waals surface area contributed by atoms with Gasteiger partial charge in [0.1, 0.15) is 23.3 Å². The van der Waals surface area contributed by atoms with Crippen LogP contribution < -0.4 is 0 Å². The molecule has 11 heteroatoms. The van der Waals surface area contributed by atoms with E-state index in [4.69, 9.17) is 8.92 Å². The number of piperidine rings is 1. The van der Waals surface area contributed by atoms with Crippen LogP contribution in [0.5, 0.6) is 0 Å². The Labute approximate surface area is 270 Å². The van der Waals surface area contributed by atoms with Crippen LogP contribution in [0.3, 0.4) is 0 Å². The third-order valence-corrected chi connectivity index (χ3v) is 8.73. The molecule has 0 spiro atoms. The molecule has 6 rings (SSSR count). The molecular weight excluding hydrogens is 586 g/mol. The second-order valence-electron chi connectivity index (χ2n) is 10.6. The van der Waals surface area contributed by atoms with E-state index in [0.29, 0.717) is 6.04 Å². The largest absolute Gasteiger partial charge is 0.361 e. The number of amidine groups is 1. The molecule has 0 radical (unpaired) electrons. The van der Waals surface area contributed by atoms with Gasteiger partial charge in [-0.3, -0.25) is 10.1 Å². The lowest BCUT2D eigenvalue weighted by atomic mass is 9.78. The second-order valence-corrected chi connectivity index (χ2v) is 11.4. The predicted molar refractivity (Wildman–Crippen MR) is 180 cm³/mol. The van der Waals surface area contributed by atoms with E-state index >= 15 is 0 Å². The first-order chi connectivity index (χ1) is 21.9. The van der Waals surface area contributed by atoms with Gasteiger partial charge in [0, 0.05) is 53.0 Å². The normalized spacial score (nSPS) is 19.2. The Bertz CT molecular complexity index is 1530. The Morgan fingerprint density at radius 2 is 1.58 bits per heavy atom. The van der Waals surface area contributed by atoms with Crippen molar-refractivity contribution >= 4 is 23.5 Å². The van der Waals surface area contributed by atoms with E-state index in [1.807, 2.05) is 47.6 Å². The molecule has 238 valence electrons. The molecule has 0 amide bonds. The van der Waals surface area contributed by atoms with Crippen molar-refractivity contribution in [2.75, 3.05) is 20.1 Å². The maximum atomic E-state index is 11.1. The van der Waals surface area contributed by atoms with Crippen molar-refractivity contribution in [2.24, 2.45) is 4.40 Å². The summed E-state index contributed by atoms with van der Waals surface area (Å²) < 4.78 is 10.4. The fourth-order valence-electron chi connectivity index (χ4n) is 5.87. The molecule has 2 aromatic carbocycles. The van der Waals surface area contributed by atoms with Gasteiger partial charge in [0.05, 0.1) is 16.7 Å². The third-order valence-electron chi connectivity index (χ3n) is 7.97. The number of likely N-dealkylation sites (tertiary alicyclic amines) is 2. The van der Waals surface area contributed by atoms with Gasteiger partial charge in [-0.2, -0.15) is 4.40 Å². The van der Waals surface area contributed by atoms with Crippen molar-refractivity contribution < 1.29 is 9.45 Å². The van der Waals surface area contributed by atoms with Gasteiger partial charge in [-0.15, -0.1) is 0 Å². The smallest absolute Gasteiger partial charge is 0.269 e. The number of aromatic nitrogens is 3. The molecule has 45 heavy (non-hydrogen) atoms. The molecule has 2 atom stereocenters. The summed E-state index contributed by atoms with van der Waals surface area (Å²) >= 11 is 1.33. The van der Waals surface area contributed by atoms with Gasteiger partial charge >= 0.3 is 0 Å². The average Bonchev–Trinajstić information content (AvgIpc) is 3.41. The highest BCUT2D eigenvalue weighted by molar-refractivity contribution is 7.98. The first kappa shape index (κ1) is 33.8.